The number of aliphatic imine (C=N–C) groups is 1. The molecule has 25 heavy (non-hydrogen) atoms. The Balaban J connectivity index is 2.03. The fourth-order valence-electron chi connectivity index (χ4n) is 2.82. The van der Waals surface area contributed by atoms with Gasteiger partial charge in [0.2, 0.25) is 11.6 Å². The summed E-state index contributed by atoms with van der Waals surface area (Å²) in [6, 6.07) is 13.0. The Morgan fingerprint density at radius 1 is 1.16 bits per heavy atom. The van der Waals surface area contributed by atoms with Crippen LogP contribution in [-0.4, -0.2) is 33.3 Å². The SMILES string of the molecule is CCCSC1C(=O)c2ncccc2C(=O)C1=N[C@H](C)c1ccccc1. The maximum atomic E-state index is 13.0. The predicted molar refractivity (Wildman–Crippen MR) is 102 cm³/mol. The Morgan fingerprint density at radius 2 is 1.92 bits per heavy atom. The Bertz CT molecular complexity index is 817. The summed E-state index contributed by atoms with van der Waals surface area (Å²) in [4.78, 5) is 34.7. The number of hydrogen-bond acceptors (Lipinski definition) is 5. The molecule has 1 unspecified atom stereocenters. The minimum Gasteiger partial charge on any atom is -0.291 e. The molecule has 128 valence electrons. The lowest BCUT2D eigenvalue weighted by molar-refractivity contribution is 0.0964. The third-order valence-corrected chi connectivity index (χ3v) is 5.52. The summed E-state index contributed by atoms with van der Waals surface area (Å²) in [5, 5.41) is -0.569. The maximum Gasteiger partial charge on any atom is 0.210 e. The van der Waals surface area contributed by atoms with Gasteiger partial charge in [-0.05, 0) is 36.8 Å². The van der Waals surface area contributed by atoms with Crippen LogP contribution >= 0.6 is 11.8 Å². The lowest BCUT2D eigenvalue weighted by Gasteiger charge is -2.24. The van der Waals surface area contributed by atoms with E-state index in [-0.39, 0.29) is 23.3 Å². The van der Waals surface area contributed by atoms with Crippen LogP contribution in [0.25, 0.3) is 0 Å². The van der Waals surface area contributed by atoms with Crippen LogP contribution in [0.2, 0.25) is 0 Å². The number of benzene rings is 1. The number of Topliss-reactive ketones (excluding diaryl/α,β-unsaturated/α-hetero) is 2. The quantitative estimate of drug-likeness (QED) is 0.810. The van der Waals surface area contributed by atoms with E-state index in [0.29, 0.717) is 11.3 Å². The monoisotopic (exact) mass is 352 g/mol. The number of fused-ring (bicyclic) bond motifs is 1. The molecule has 2 aromatic rings. The third kappa shape index (κ3) is 3.56. The molecule has 5 heteroatoms. The second-order valence-corrected chi connectivity index (χ2v) is 7.16. The molecule has 0 radical (unpaired) electrons. The molecule has 0 spiro atoms. The topological polar surface area (TPSA) is 59.4 Å². The lowest BCUT2D eigenvalue weighted by atomic mass is 9.91. The predicted octanol–water partition coefficient (Wildman–Crippen LogP) is 4.17. The zero-order chi connectivity index (χ0) is 17.8. The lowest BCUT2D eigenvalue weighted by Crippen LogP contribution is -2.40. The van der Waals surface area contributed by atoms with E-state index in [1.54, 1.807) is 18.3 Å². The molecule has 2 atom stereocenters. The van der Waals surface area contributed by atoms with Gasteiger partial charge in [0.05, 0.1) is 11.6 Å². The highest BCUT2D eigenvalue weighted by Gasteiger charge is 2.39. The van der Waals surface area contributed by atoms with Gasteiger partial charge in [0, 0.05) is 6.20 Å². The summed E-state index contributed by atoms with van der Waals surface area (Å²) in [5.41, 5.74) is 2.00. The number of ketones is 2. The Kier molecular flexibility index (Phi) is 5.43. The molecule has 0 aliphatic heterocycles. The van der Waals surface area contributed by atoms with Gasteiger partial charge in [0.25, 0.3) is 0 Å². The molecule has 1 aliphatic carbocycles. The number of thioether (sulfide) groups is 1. The van der Waals surface area contributed by atoms with Gasteiger partial charge in [-0.25, -0.2) is 0 Å². The first-order valence-corrected chi connectivity index (χ1v) is 9.46. The summed E-state index contributed by atoms with van der Waals surface area (Å²) >= 11 is 1.48. The number of nitrogens with zero attached hydrogens (tertiary/aromatic N) is 2. The largest absolute Gasteiger partial charge is 0.291 e. The number of rotatable bonds is 5. The Labute approximate surface area is 151 Å². The summed E-state index contributed by atoms with van der Waals surface area (Å²) in [6.07, 6.45) is 2.49. The van der Waals surface area contributed by atoms with Crippen molar-refractivity contribution in [2.24, 2.45) is 4.99 Å². The van der Waals surface area contributed by atoms with Gasteiger partial charge in [-0.3, -0.25) is 19.6 Å². The van der Waals surface area contributed by atoms with Crippen LogP contribution in [0.1, 0.15) is 52.7 Å². The van der Waals surface area contributed by atoms with Crippen molar-refractivity contribution < 1.29 is 9.59 Å². The number of carbonyl (C=O) groups excluding carboxylic acids is 2. The van der Waals surface area contributed by atoms with Gasteiger partial charge in [0.1, 0.15) is 16.7 Å². The van der Waals surface area contributed by atoms with Crippen molar-refractivity contribution in [2.75, 3.05) is 5.75 Å². The first-order valence-electron chi connectivity index (χ1n) is 8.41. The van der Waals surface area contributed by atoms with Crippen molar-refractivity contribution in [3.63, 3.8) is 0 Å². The maximum absolute atomic E-state index is 13.0. The van der Waals surface area contributed by atoms with E-state index in [1.165, 1.54) is 11.8 Å². The molecule has 1 aliphatic rings. The first-order chi connectivity index (χ1) is 12.1. The van der Waals surface area contributed by atoms with Crippen molar-refractivity contribution >= 4 is 29.0 Å². The van der Waals surface area contributed by atoms with E-state index >= 15 is 0 Å². The van der Waals surface area contributed by atoms with Crippen LogP contribution in [0.4, 0.5) is 0 Å². The van der Waals surface area contributed by atoms with Crippen molar-refractivity contribution in [1.82, 2.24) is 4.98 Å². The standard InChI is InChI=1S/C20H20N2O2S/c1-3-12-25-20-17(22-13(2)14-8-5-4-6-9-14)18(23)15-10-7-11-21-16(15)19(20)24/h4-11,13,20H,3,12H2,1-2H3/t13-,20?/m1/s1. The number of carbonyl (C=O) groups is 2. The van der Waals surface area contributed by atoms with Crippen molar-refractivity contribution in [1.29, 1.82) is 0 Å². The van der Waals surface area contributed by atoms with Crippen LogP contribution in [0.15, 0.2) is 53.7 Å². The van der Waals surface area contributed by atoms with E-state index in [1.807, 2.05) is 37.3 Å². The molecule has 1 heterocycles. The van der Waals surface area contributed by atoms with E-state index in [4.69, 9.17) is 0 Å². The number of hydrogen-bond donors (Lipinski definition) is 0. The molecule has 0 saturated carbocycles. The number of pyridine rings is 1. The van der Waals surface area contributed by atoms with Crippen LogP contribution < -0.4 is 0 Å². The fraction of sp³-hybridized carbons (Fsp3) is 0.300. The van der Waals surface area contributed by atoms with Crippen molar-refractivity contribution in [3.05, 3.63) is 65.5 Å². The van der Waals surface area contributed by atoms with E-state index < -0.39 is 5.25 Å². The van der Waals surface area contributed by atoms with Crippen LogP contribution in [-0.2, 0) is 0 Å². The third-order valence-electron chi connectivity index (χ3n) is 4.11. The summed E-state index contributed by atoms with van der Waals surface area (Å²) in [6.45, 7) is 4.00. The van der Waals surface area contributed by atoms with Crippen molar-refractivity contribution in [2.45, 2.75) is 31.6 Å². The Hall–Kier alpha value is -2.27. The average molecular weight is 352 g/mol. The second kappa shape index (κ2) is 7.74. The molecule has 1 aromatic carbocycles. The number of aromatic nitrogens is 1. The molecule has 0 amide bonds. The summed E-state index contributed by atoms with van der Waals surface area (Å²) in [7, 11) is 0. The van der Waals surface area contributed by atoms with Crippen LogP contribution in [0.3, 0.4) is 0 Å². The molecule has 0 N–H and O–H groups in total. The van der Waals surface area contributed by atoms with Gasteiger partial charge >= 0.3 is 0 Å². The minimum atomic E-state index is -0.569. The minimum absolute atomic E-state index is 0.118. The first kappa shape index (κ1) is 17.5. The highest BCUT2D eigenvalue weighted by molar-refractivity contribution is 8.01. The molecule has 1 aromatic heterocycles. The van der Waals surface area contributed by atoms with Crippen LogP contribution in [0.5, 0.6) is 0 Å². The fourth-order valence-corrected chi connectivity index (χ4v) is 3.88. The van der Waals surface area contributed by atoms with E-state index in [2.05, 4.69) is 16.9 Å². The second-order valence-electron chi connectivity index (χ2n) is 5.94. The summed E-state index contributed by atoms with van der Waals surface area (Å²) in [5.74, 6) is 0.497. The highest BCUT2D eigenvalue weighted by atomic mass is 32.2. The smallest absolute Gasteiger partial charge is 0.210 e. The molecule has 4 nitrogen and oxygen atoms in total. The summed E-state index contributed by atoms with van der Waals surface area (Å²) < 4.78 is 0. The van der Waals surface area contributed by atoms with Gasteiger partial charge in [-0.15, -0.1) is 11.8 Å². The Morgan fingerprint density at radius 3 is 2.64 bits per heavy atom. The molecular formula is C20H20N2O2S. The van der Waals surface area contributed by atoms with E-state index in [0.717, 1.165) is 17.7 Å². The van der Waals surface area contributed by atoms with Gasteiger partial charge in [-0.2, -0.15) is 0 Å². The van der Waals surface area contributed by atoms with Gasteiger partial charge in [0.15, 0.2) is 0 Å². The average Bonchev–Trinajstić information content (AvgIpc) is 2.66. The molecule has 0 fully saturated rings. The van der Waals surface area contributed by atoms with Crippen molar-refractivity contribution in [3.8, 4) is 0 Å². The molecule has 0 saturated heterocycles. The zero-order valence-electron chi connectivity index (χ0n) is 14.3. The van der Waals surface area contributed by atoms with Gasteiger partial charge < -0.3 is 0 Å². The zero-order valence-corrected chi connectivity index (χ0v) is 15.1. The molecular weight excluding hydrogens is 332 g/mol. The normalized spacial score (nSPS) is 19.8. The molecule has 3 rings (SSSR count). The highest BCUT2D eigenvalue weighted by Crippen LogP contribution is 2.29. The van der Waals surface area contributed by atoms with E-state index in [9.17, 15) is 9.59 Å². The molecule has 0 bridgehead atoms. The van der Waals surface area contributed by atoms with Crippen LogP contribution in [0, 0.1) is 0 Å². The van der Waals surface area contributed by atoms with Gasteiger partial charge in [-0.1, -0.05) is 37.3 Å².